The smallest absolute Gasteiger partial charge is 0.228 e. The summed E-state index contributed by atoms with van der Waals surface area (Å²) in [6.45, 7) is 7.40. The van der Waals surface area contributed by atoms with E-state index in [0.717, 1.165) is 22.5 Å². The Bertz CT molecular complexity index is 1310. The Morgan fingerprint density at radius 3 is 2.69 bits per heavy atom. The second kappa shape index (κ2) is 8.20. The summed E-state index contributed by atoms with van der Waals surface area (Å²) in [4.78, 5) is 24.8. The molecule has 0 unspecified atom stereocenters. The molecule has 0 aliphatic carbocycles. The average Bonchev–Trinajstić information content (AvgIpc) is 2.78. The molecular formula is C24H23FN6O. The average molecular weight is 430 g/mol. The molecule has 32 heavy (non-hydrogen) atoms. The number of aryl methyl sites for hydroxylation is 3. The normalized spacial score (nSPS) is 16.5. The van der Waals surface area contributed by atoms with Crippen LogP contribution in [0.5, 0.6) is 0 Å². The van der Waals surface area contributed by atoms with Crippen LogP contribution >= 0.6 is 0 Å². The van der Waals surface area contributed by atoms with Crippen LogP contribution < -0.4 is 4.90 Å². The predicted molar refractivity (Wildman–Crippen MR) is 120 cm³/mol. The topological polar surface area (TPSA) is 76.9 Å². The Balaban J connectivity index is 1.59. The molecule has 0 bridgehead atoms. The van der Waals surface area contributed by atoms with E-state index in [1.165, 1.54) is 6.07 Å². The summed E-state index contributed by atoms with van der Waals surface area (Å²) in [6, 6.07) is 9.09. The van der Waals surface area contributed by atoms with Gasteiger partial charge in [0.05, 0.1) is 18.8 Å². The zero-order valence-corrected chi connectivity index (χ0v) is 18.2. The summed E-state index contributed by atoms with van der Waals surface area (Å²) < 4.78 is 20.9. The zero-order chi connectivity index (χ0) is 22.2. The van der Waals surface area contributed by atoms with Crippen LogP contribution in [-0.4, -0.2) is 44.6 Å². The summed E-state index contributed by atoms with van der Waals surface area (Å²) >= 11 is 0. The Labute approximate surface area is 185 Å². The van der Waals surface area contributed by atoms with Crippen molar-refractivity contribution in [2.45, 2.75) is 26.9 Å². The molecule has 7 nitrogen and oxygen atoms in total. The second-order valence-corrected chi connectivity index (χ2v) is 8.08. The number of fused-ring (bicyclic) bond motifs is 1. The van der Waals surface area contributed by atoms with Gasteiger partial charge in [-0.05, 0) is 56.2 Å². The van der Waals surface area contributed by atoms with Crippen LogP contribution in [0.4, 0.5) is 10.3 Å². The van der Waals surface area contributed by atoms with Gasteiger partial charge in [-0.2, -0.15) is 4.98 Å². The van der Waals surface area contributed by atoms with Gasteiger partial charge in [-0.1, -0.05) is 6.07 Å². The van der Waals surface area contributed by atoms with Crippen molar-refractivity contribution in [1.82, 2.24) is 24.9 Å². The molecule has 1 saturated heterocycles. The maximum Gasteiger partial charge on any atom is 0.228 e. The molecule has 1 aromatic carbocycles. The van der Waals surface area contributed by atoms with Gasteiger partial charge in [0.2, 0.25) is 5.95 Å². The van der Waals surface area contributed by atoms with Crippen molar-refractivity contribution in [3.05, 3.63) is 71.1 Å². The van der Waals surface area contributed by atoms with Gasteiger partial charge >= 0.3 is 0 Å². The predicted octanol–water partition coefficient (Wildman–Crippen LogP) is 4.12. The Hall–Kier alpha value is -3.52. The first-order chi connectivity index (χ1) is 15.5. The fraction of sp³-hybridized carbons (Fsp3) is 0.292. The number of aromatic nitrogens is 5. The molecule has 162 valence electrons. The number of rotatable bonds is 3. The van der Waals surface area contributed by atoms with Crippen LogP contribution in [0.2, 0.25) is 0 Å². The number of nitrogens with zero attached hydrogens (tertiary/aromatic N) is 6. The minimum atomic E-state index is -0.342. The highest BCUT2D eigenvalue weighted by Gasteiger charge is 2.26. The molecule has 4 aromatic rings. The molecule has 5 rings (SSSR count). The van der Waals surface area contributed by atoms with Crippen molar-refractivity contribution in [2.24, 2.45) is 0 Å². The molecule has 1 aliphatic rings. The van der Waals surface area contributed by atoms with E-state index in [1.54, 1.807) is 18.5 Å². The Kier molecular flexibility index (Phi) is 5.22. The summed E-state index contributed by atoms with van der Waals surface area (Å²) in [5, 5.41) is 0. The number of halogens is 1. The molecule has 4 heterocycles. The number of ether oxygens (including phenoxy) is 1. The molecule has 1 fully saturated rings. The lowest BCUT2D eigenvalue weighted by Gasteiger charge is -2.33. The zero-order valence-electron chi connectivity index (χ0n) is 18.2. The van der Waals surface area contributed by atoms with E-state index in [9.17, 15) is 4.39 Å². The van der Waals surface area contributed by atoms with Crippen LogP contribution in [0.25, 0.3) is 22.4 Å². The number of pyridine rings is 1. The first-order valence-corrected chi connectivity index (χ1v) is 10.5. The first kappa shape index (κ1) is 20.4. The number of hydrogen-bond donors (Lipinski definition) is 0. The molecule has 0 spiro atoms. The SMILES string of the molecule is Cc1ccc(-c2nc(N3CCO[C@H](c4ccnc(C)c4)C3)nc3nc(C)cnc23)c(F)c1. The van der Waals surface area contributed by atoms with Gasteiger partial charge in [-0.3, -0.25) is 4.98 Å². The second-order valence-electron chi connectivity index (χ2n) is 8.08. The van der Waals surface area contributed by atoms with Crippen molar-refractivity contribution in [3.8, 4) is 11.3 Å². The van der Waals surface area contributed by atoms with Crippen molar-refractivity contribution in [1.29, 1.82) is 0 Å². The van der Waals surface area contributed by atoms with Gasteiger partial charge in [0.25, 0.3) is 0 Å². The van der Waals surface area contributed by atoms with Crippen LogP contribution in [-0.2, 0) is 4.74 Å². The minimum Gasteiger partial charge on any atom is -0.370 e. The van der Waals surface area contributed by atoms with E-state index < -0.39 is 0 Å². The highest BCUT2D eigenvalue weighted by atomic mass is 19.1. The Morgan fingerprint density at radius 2 is 1.88 bits per heavy atom. The lowest BCUT2D eigenvalue weighted by atomic mass is 10.1. The van der Waals surface area contributed by atoms with Gasteiger partial charge in [-0.15, -0.1) is 0 Å². The standard InChI is InChI=1S/C24H23FN6O/c1-14-4-5-18(19(25)10-14)21-22-23(28-16(3)12-27-22)30-24(29-21)31-8-9-32-20(13-31)17-6-7-26-15(2)11-17/h4-7,10-12,20H,8-9,13H2,1-3H3/t20-/m0/s1. The highest BCUT2D eigenvalue weighted by Crippen LogP contribution is 2.31. The molecule has 0 amide bonds. The van der Waals surface area contributed by atoms with Crippen LogP contribution in [0, 0.1) is 26.6 Å². The van der Waals surface area contributed by atoms with Gasteiger partial charge in [0, 0.05) is 30.2 Å². The molecular weight excluding hydrogens is 407 g/mol. The van der Waals surface area contributed by atoms with Gasteiger partial charge in [0.15, 0.2) is 5.65 Å². The molecule has 0 N–H and O–H groups in total. The highest BCUT2D eigenvalue weighted by molar-refractivity contribution is 5.88. The van der Waals surface area contributed by atoms with E-state index in [0.29, 0.717) is 48.1 Å². The third kappa shape index (κ3) is 3.89. The summed E-state index contributed by atoms with van der Waals surface area (Å²) in [6.07, 6.45) is 3.31. The molecule has 0 radical (unpaired) electrons. The van der Waals surface area contributed by atoms with E-state index >= 15 is 0 Å². The summed E-state index contributed by atoms with van der Waals surface area (Å²) in [5.41, 5.74) is 5.34. The van der Waals surface area contributed by atoms with Crippen molar-refractivity contribution in [2.75, 3.05) is 24.6 Å². The maximum atomic E-state index is 14.9. The lowest BCUT2D eigenvalue weighted by molar-refractivity contribution is 0.0391. The number of morpholine rings is 1. The largest absolute Gasteiger partial charge is 0.370 e. The van der Waals surface area contributed by atoms with Crippen molar-refractivity contribution < 1.29 is 9.13 Å². The quantitative estimate of drug-likeness (QED) is 0.484. The van der Waals surface area contributed by atoms with E-state index in [1.807, 2.05) is 39.0 Å². The molecule has 3 aromatic heterocycles. The monoisotopic (exact) mass is 430 g/mol. The Morgan fingerprint density at radius 1 is 1.00 bits per heavy atom. The molecule has 0 saturated carbocycles. The summed E-state index contributed by atoms with van der Waals surface area (Å²) in [7, 11) is 0. The third-order valence-electron chi connectivity index (χ3n) is 5.54. The minimum absolute atomic E-state index is 0.132. The fourth-order valence-electron chi connectivity index (χ4n) is 3.92. The van der Waals surface area contributed by atoms with Gasteiger partial charge in [0.1, 0.15) is 23.1 Å². The van der Waals surface area contributed by atoms with E-state index in [4.69, 9.17) is 9.72 Å². The lowest BCUT2D eigenvalue weighted by Crippen LogP contribution is -2.39. The van der Waals surface area contributed by atoms with E-state index in [-0.39, 0.29) is 11.9 Å². The van der Waals surface area contributed by atoms with E-state index in [2.05, 4.69) is 24.8 Å². The first-order valence-electron chi connectivity index (χ1n) is 10.5. The molecule has 8 heteroatoms. The molecule has 1 aliphatic heterocycles. The molecule has 1 atom stereocenters. The fourth-order valence-corrected chi connectivity index (χ4v) is 3.92. The van der Waals surface area contributed by atoms with Gasteiger partial charge < -0.3 is 9.64 Å². The van der Waals surface area contributed by atoms with Crippen LogP contribution in [0.1, 0.15) is 28.6 Å². The van der Waals surface area contributed by atoms with Crippen LogP contribution in [0.15, 0.2) is 42.7 Å². The van der Waals surface area contributed by atoms with Crippen molar-refractivity contribution in [3.63, 3.8) is 0 Å². The number of benzene rings is 1. The summed E-state index contributed by atoms with van der Waals surface area (Å²) in [5.74, 6) is 0.150. The number of anilines is 1. The van der Waals surface area contributed by atoms with Crippen LogP contribution in [0.3, 0.4) is 0 Å². The third-order valence-corrected chi connectivity index (χ3v) is 5.54. The van der Waals surface area contributed by atoms with Crippen molar-refractivity contribution >= 4 is 17.1 Å². The number of hydrogen-bond acceptors (Lipinski definition) is 7. The van der Waals surface area contributed by atoms with Gasteiger partial charge in [-0.25, -0.2) is 19.3 Å². The maximum absolute atomic E-state index is 14.9.